The predicted molar refractivity (Wildman–Crippen MR) is 72.0 cm³/mol. The van der Waals surface area contributed by atoms with E-state index in [2.05, 4.69) is 15.6 Å². The van der Waals surface area contributed by atoms with Crippen molar-refractivity contribution in [1.82, 2.24) is 15.0 Å². The van der Waals surface area contributed by atoms with Crippen molar-refractivity contribution in [3.8, 4) is 11.8 Å². The minimum atomic E-state index is 0.0421. The molecule has 0 radical (unpaired) electrons. The molecule has 7 heteroatoms. The van der Waals surface area contributed by atoms with Gasteiger partial charge >= 0.3 is 0 Å². The first-order valence-electron chi connectivity index (χ1n) is 6.15. The topological polar surface area (TPSA) is 96.0 Å². The molecule has 0 unspecified atom stereocenters. The zero-order chi connectivity index (χ0) is 14.2. The average molecular weight is 273 g/mol. The third kappa shape index (κ3) is 3.96. The van der Waals surface area contributed by atoms with E-state index in [0.717, 1.165) is 11.4 Å². The second-order valence-electron chi connectivity index (χ2n) is 4.02. The van der Waals surface area contributed by atoms with Crippen molar-refractivity contribution in [2.24, 2.45) is 0 Å². The molecular weight excluding hydrogens is 258 g/mol. The zero-order valence-corrected chi connectivity index (χ0v) is 10.9. The number of nitrogens with zero attached hydrogens (tertiary/aromatic N) is 4. The Morgan fingerprint density at radius 2 is 2.15 bits per heavy atom. The van der Waals surface area contributed by atoms with Gasteiger partial charge in [-0.25, -0.2) is 4.68 Å². The number of hydrogen-bond acceptors (Lipinski definition) is 6. The first-order chi connectivity index (χ1) is 9.81. The second kappa shape index (κ2) is 7.11. The third-order valence-corrected chi connectivity index (χ3v) is 2.55. The molecule has 1 aromatic heterocycles. The minimum Gasteiger partial charge on any atom is -0.479 e. The normalized spacial score (nSPS) is 10.0. The summed E-state index contributed by atoms with van der Waals surface area (Å²) in [6, 6.07) is 9.24. The van der Waals surface area contributed by atoms with Gasteiger partial charge in [0, 0.05) is 5.69 Å². The van der Waals surface area contributed by atoms with E-state index in [0.29, 0.717) is 18.8 Å². The Morgan fingerprint density at radius 1 is 1.35 bits per heavy atom. The van der Waals surface area contributed by atoms with Gasteiger partial charge in [0.05, 0.1) is 25.9 Å². The average Bonchev–Trinajstić information content (AvgIpc) is 2.92. The van der Waals surface area contributed by atoms with Crippen LogP contribution in [0.3, 0.4) is 0 Å². The number of aliphatic hydroxyl groups excluding tert-OH is 1. The highest BCUT2D eigenvalue weighted by atomic mass is 16.5. The van der Waals surface area contributed by atoms with Gasteiger partial charge in [-0.1, -0.05) is 5.21 Å². The van der Waals surface area contributed by atoms with Gasteiger partial charge in [-0.3, -0.25) is 0 Å². The number of aliphatic hydroxyl groups is 1. The molecule has 1 heterocycles. The maximum absolute atomic E-state index is 8.79. The van der Waals surface area contributed by atoms with Gasteiger partial charge in [-0.05, 0) is 24.3 Å². The largest absolute Gasteiger partial charge is 0.479 e. The zero-order valence-electron chi connectivity index (χ0n) is 10.9. The smallest absolute Gasteiger partial charge is 0.174 e. The van der Waals surface area contributed by atoms with Crippen LogP contribution in [-0.2, 0) is 13.1 Å². The van der Waals surface area contributed by atoms with Crippen molar-refractivity contribution in [1.29, 1.82) is 5.26 Å². The Hall–Kier alpha value is -2.59. The molecule has 0 saturated carbocycles. The van der Waals surface area contributed by atoms with E-state index < -0.39 is 0 Å². The summed E-state index contributed by atoms with van der Waals surface area (Å²) in [5.74, 6) is 0.658. The van der Waals surface area contributed by atoms with Crippen LogP contribution in [0.15, 0.2) is 30.5 Å². The molecule has 0 fully saturated rings. The standard InChI is InChI=1S/C13H15N5O2/c14-5-8-20-13-3-1-11(2-4-13)15-9-12-10-18(6-7-19)17-16-12/h1-4,10,15,19H,6-9H2. The molecule has 104 valence electrons. The van der Waals surface area contributed by atoms with Crippen LogP contribution >= 0.6 is 0 Å². The van der Waals surface area contributed by atoms with Gasteiger partial charge < -0.3 is 15.2 Å². The number of benzene rings is 1. The number of hydrogen-bond donors (Lipinski definition) is 2. The Kier molecular flexibility index (Phi) is 4.92. The maximum atomic E-state index is 8.79. The van der Waals surface area contributed by atoms with Gasteiger partial charge in [-0.2, -0.15) is 5.26 Å². The second-order valence-corrected chi connectivity index (χ2v) is 4.02. The van der Waals surface area contributed by atoms with Crippen LogP contribution in [0.2, 0.25) is 0 Å². The predicted octanol–water partition coefficient (Wildman–Crippen LogP) is 0.785. The molecule has 1 aromatic carbocycles. The third-order valence-electron chi connectivity index (χ3n) is 2.55. The summed E-state index contributed by atoms with van der Waals surface area (Å²) in [6.45, 7) is 1.07. The number of aromatic nitrogens is 3. The molecule has 2 N–H and O–H groups in total. The van der Waals surface area contributed by atoms with Crippen LogP contribution in [0.25, 0.3) is 0 Å². The summed E-state index contributed by atoms with van der Waals surface area (Å²) in [5.41, 5.74) is 1.72. The van der Waals surface area contributed by atoms with Crippen LogP contribution in [0, 0.1) is 11.3 Å². The highest BCUT2D eigenvalue weighted by molar-refractivity contribution is 5.46. The lowest BCUT2D eigenvalue weighted by Crippen LogP contribution is -2.02. The molecule has 2 aromatic rings. The van der Waals surface area contributed by atoms with Gasteiger partial charge in [0.15, 0.2) is 6.61 Å². The summed E-state index contributed by atoms with van der Waals surface area (Å²) in [4.78, 5) is 0. The number of rotatable bonds is 7. The van der Waals surface area contributed by atoms with Crippen molar-refractivity contribution in [3.05, 3.63) is 36.2 Å². The highest BCUT2D eigenvalue weighted by Gasteiger charge is 2.01. The fourth-order valence-corrected chi connectivity index (χ4v) is 1.61. The summed E-state index contributed by atoms with van der Waals surface area (Å²) in [6.07, 6.45) is 1.79. The lowest BCUT2D eigenvalue weighted by atomic mass is 10.3. The van der Waals surface area contributed by atoms with Crippen molar-refractivity contribution >= 4 is 5.69 Å². The number of nitrogens with one attached hydrogen (secondary N) is 1. The molecule has 0 atom stereocenters. The fourth-order valence-electron chi connectivity index (χ4n) is 1.61. The Balaban J connectivity index is 1.85. The van der Waals surface area contributed by atoms with E-state index >= 15 is 0 Å². The molecule has 0 spiro atoms. The molecule has 0 bridgehead atoms. The van der Waals surface area contributed by atoms with Crippen LogP contribution < -0.4 is 10.1 Å². The minimum absolute atomic E-state index is 0.0421. The fraction of sp³-hybridized carbons (Fsp3) is 0.308. The van der Waals surface area contributed by atoms with E-state index in [1.165, 1.54) is 0 Å². The van der Waals surface area contributed by atoms with Crippen LogP contribution in [0.5, 0.6) is 5.75 Å². The highest BCUT2D eigenvalue weighted by Crippen LogP contribution is 2.16. The molecule has 0 aliphatic heterocycles. The first kappa shape index (κ1) is 13.8. The molecular formula is C13H15N5O2. The summed E-state index contributed by atoms with van der Waals surface area (Å²) >= 11 is 0. The number of nitriles is 1. The monoisotopic (exact) mass is 273 g/mol. The number of anilines is 1. The van der Waals surface area contributed by atoms with E-state index in [9.17, 15) is 0 Å². The molecule has 0 aliphatic rings. The Bertz CT molecular complexity index is 573. The van der Waals surface area contributed by atoms with Crippen LogP contribution in [0.4, 0.5) is 5.69 Å². The molecule has 2 rings (SSSR count). The van der Waals surface area contributed by atoms with Gasteiger partial charge in [0.25, 0.3) is 0 Å². The molecule has 0 saturated heterocycles. The van der Waals surface area contributed by atoms with Gasteiger partial charge in [0.2, 0.25) is 0 Å². The molecule has 0 aliphatic carbocycles. The van der Waals surface area contributed by atoms with Crippen molar-refractivity contribution < 1.29 is 9.84 Å². The lowest BCUT2D eigenvalue weighted by Gasteiger charge is -2.05. The molecule has 0 amide bonds. The maximum Gasteiger partial charge on any atom is 0.174 e. The van der Waals surface area contributed by atoms with Crippen molar-refractivity contribution in [2.75, 3.05) is 18.5 Å². The van der Waals surface area contributed by atoms with Crippen LogP contribution in [-0.4, -0.2) is 33.3 Å². The Labute approximate surface area is 116 Å². The van der Waals surface area contributed by atoms with E-state index in [-0.39, 0.29) is 13.2 Å². The molecule has 20 heavy (non-hydrogen) atoms. The lowest BCUT2D eigenvalue weighted by molar-refractivity contribution is 0.268. The summed E-state index contributed by atoms with van der Waals surface area (Å²) in [7, 11) is 0. The van der Waals surface area contributed by atoms with Gasteiger partial charge in [0.1, 0.15) is 17.5 Å². The number of ether oxygens (including phenoxy) is 1. The summed E-state index contributed by atoms with van der Waals surface area (Å²) in [5, 5.41) is 28.3. The first-order valence-corrected chi connectivity index (χ1v) is 6.15. The van der Waals surface area contributed by atoms with E-state index in [1.807, 2.05) is 18.2 Å². The molecule has 7 nitrogen and oxygen atoms in total. The van der Waals surface area contributed by atoms with E-state index in [1.54, 1.807) is 23.0 Å². The van der Waals surface area contributed by atoms with Crippen molar-refractivity contribution in [2.45, 2.75) is 13.1 Å². The van der Waals surface area contributed by atoms with Crippen LogP contribution in [0.1, 0.15) is 5.69 Å². The Morgan fingerprint density at radius 3 is 2.85 bits per heavy atom. The summed E-state index contributed by atoms with van der Waals surface area (Å²) < 4.78 is 6.76. The SMILES string of the molecule is N#CCOc1ccc(NCc2cn(CCO)nn2)cc1. The van der Waals surface area contributed by atoms with E-state index in [4.69, 9.17) is 15.1 Å². The quantitative estimate of drug-likeness (QED) is 0.774. The van der Waals surface area contributed by atoms with Crippen molar-refractivity contribution in [3.63, 3.8) is 0 Å². The van der Waals surface area contributed by atoms with Gasteiger partial charge in [-0.15, -0.1) is 5.10 Å².